The number of hydrogen-bond donors (Lipinski definition) is 1. The molecule has 0 aromatic heterocycles. The van der Waals surface area contributed by atoms with Gasteiger partial charge in [-0.05, 0) is 43.5 Å². The number of hydrogen-bond acceptors (Lipinski definition) is 3. The van der Waals surface area contributed by atoms with Crippen LogP contribution in [0.5, 0.6) is 0 Å². The van der Waals surface area contributed by atoms with Gasteiger partial charge in [-0.1, -0.05) is 18.6 Å². The van der Waals surface area contributed by atoms with E-state index in [4.69, 9.17) is 5.73 Å². The minimum Gasteiger partial charge on any atom is -0.368 e. The molecule has 3 rings (SSSR count). The molecule has 0 radical (unpaired) electrons. The summed E-state index contributed by atoms with van der Waals surface area (Å²) in [6, 6.07) is 7.43. The molecular weight excluding hydrogens is 234 g/mol. The lowest BCUT2D eigenvalue weighted by Crippen LogP contribution is -2.55. The van der Waals surface area contributed by atoms with Gasteiger partial charge in [-0.15, -0.1) is 0 Å². The van der Waals surface area contributed by atoms with Crippen molar-refractivity contribution in [3.05, 3.63) is 29.3 Å². The second-order valence-electron chi connectivity index (χ2n) is 5.97. The van der Waals surface area contributed by atoms with Crippen molar-refractivity contribution in [1.82, 2.24) is 4.90 Å². The minimum absolute atomic E-state index is 0.639. The second kappa shape index (κ2) is 5.51. The van der Waals surface area contributed by atoms with Gasteiger partial charge in [0.15, 0.2) is 0 Å². The molecule has 1 unspecified atom stereocenters. The van der Waals surface area contributed by atoms with E-state index in [9.17, 15) is 0 Å². The first kappa shape index (κ1) is 12.9. The van der Waals surface area contributed by atoms with Crippen LogP contribution in [0, 0.1) is 6.92 Å². The van der Waals surface area contributed by atoms with Crippen molar-refractivity contribution in [2.24, 2.45) is 5.73 Å². The van der Waals surface area contributed by atoms with Crippen LogP contribution in [0.25, 0.3) is 0 Å². The van der Waals surface area contributed by atoms with Crippen molar-refractivity contribution in [3.8, 4) is 0 Å². The van der Waals surface area contributed by atoms with Gasteiger partial charge in [0.25, 0.3) is 0 Å². The molecule has 0 bridgehead atoms. The van der Waals surface area contributed by atoms with Crippen LogP contribution < -0.4 is 10.6 Å². The summed E-state index contributed by atoms with van der Waals surface area (Å²) in [6.45, 7) is 7.64. The molecule has 3 nitrogen and oxygen atoms in total. The van der Waals surface area contributed by atoms with Crippen LogP contribution >= 0.6 is 0 Å². The van der Waals surface area contributed by atoms with Crippen molar-refractivity contribution >= 4 is 5.69 Å². The Balaban J connectivity index is 1.80. The van der Waals surface area contributed by atoms with Gasteiger partial charge in [-0.25, -0.2) is 0 Å². The van der Waals surface area contributed by atoms with Gasteiger partial charge in [0.1, 0.15) is 0 Å². The van der Waals surface area contributed by atoms with E-state index in [1.54, 1.807) is 0 Å². The SMILES string of the molecule is Cc1ccc(CN)c(N2CCN3CCCCC3C2)c1. The summed E-state index contributed by atoms with van der Waals surface area (Å²) in [7, 11) is 0. The summed E-state index contributed by atoms with van der Waals surface area (Å²) >= 11 is 0. The number of rotatable bonds is 2. The lowest BCUT2D eigenvalue weighted by atomic mass is 9.98. The largest absolute Gasteiger partial charge is 0.368 e. The number of benzene rings is 1. The van der Waals surface area contributed by atoms with E-state index in [2.05, 4.69) is 34.9 Å². The Kier molecular flexibility index (Phi) is 3.76. The van der Waals surface area contributed by atoms with Crippen molar-refractivity contribution < 1.29 is 0 Å². The molecule has 2 N–H and O–H groups in total. The highest BCUT2D eigenvalue weighted by Crippen LogP contribution is 2.28. The maximum atomic E-state index is 5.90. The molecule has 2 heterocycles. The molecule has 0 amide bonds. The zero-order valence-corrected chi connectivity index (χ0v) is 11.9. The Morgan fingerprint density at radius 2 is 2.11 bits per heavy atom. The predicted molar refractivity (Wildman–Crippen MR) is 80.5 cm³/mol. The highest BCUT2D eigenvalue weighted by Gasteiger charge is 2.29. The summed E-state index contributed by atoms with van der Waals surface area (Å²) in [5.41, 5.74) is 9.89. The van der Waals surface area contributed by atoms with E-state index < -0.39 is 0 Å². The predicted octanol–water partition coefficient (Wildman–Crippen LogP) is 2.13. The van der Waals surface area contributed by atoms with E-state index in [0.717, 1.165) is 12.6 Å². The summed E-state index contributed by atoms with van der Waals surface area (Å²) in [4.78, 5) is 5.24. The van der Waals surface area contributed by atoms with Crippen molar-refractivity contribution in [2.75, 3.05) is 31.1 Å². The highest BCUT2D eigenvalue weighted by atomic mass is 15.3. The fraction of sp³-hybridized carbons (Fsp3) is 0.625. The summed E-state index contributed by atoms with van der Waals surface area (Å²) in [6.07, 6.45) is 4.14. The first-order valence-electron chi connectivity index (χ1n) is 7.56. The number of aryl methyl sites for hydroxylation is 1. The number of nitrogens with zero attached hydrogens (tertiary/aromatic N) is 2. The van der Waals surface area contributed by atoms with Gasteiger partial charge >= 0.3 is 0 Å². The fourth-order valence-corrected chi connectivity index (χ4v) is 3.52. The molecule has 104 valence electrons. The smallest absolute Gasteiger partial charge is 0.0415 e. The van der Waals surface area contributed by atoms with E-state index in [-0.39, 0.29) is 0 Å². The number of anilines is 1. The molecule has 19 heavy (non-hydrogen) atoms. The molecule has 1 aromatic rings. The molecule has 2 saturated heterocycles. The van der Waals surface area contributed by atoms with Gasteiger partial charge < -0.3 is 10.6 Å². The Morgan fingerprint density at radius 1 is 1.21 bits per heavy atom. The van der Waals surface area contributed by atoms with Gasteiger partial charge in [-0.2, -0.15) is 0 Å². The van der Waals surface area contributed by atoms with Crippen LogP contribution in [0.4, 0.5) is 5.69 Å². The normalized spacial score (nSPS) is 24.3. The number of nitrogens with two attached hydrogens (primary N) is 1. The molecule has 1 atom stereocenters. The van der Waals surface area contributed by atoms with Crippen molar-refractivity contribution in [2.45, 2.75) is 38.8 Å². The number of piperazine rings is 1. The minimum atomic E-state index is 0.639. The third-order valence-corrected chi connectivity index (χ3v) is 4.64. The topological polar surface area (TPSA) is 32.5 Å². The second-order valence-corrected chi connectivity index (χ2v) is 5.97. The lowest BCUT2D eigenvalue weighted by Gasteiger charge is -2.45. The quantitative estimate of drug-likeness (QED) is 0.883. The number of piperidine rings is 1. The van der Waals surface area contributed by atoms with Crippen LogP contribution in [-0.2, 0) is 6.54 Å². The molecule has 0 saturated carbocycles. The monoisotopic (exact) mass is 259 g/mol. The molecule has 0 spiro atoms. The fourth-order valence-electron chi connectivity index (χ4n) is 3.52. The third-order valence-electron chi connectivity index (χ3n) is 4.64. The highest BCUT2D eigenvalue weighted by molar-refractivity contribution is 5.56. The van der Waals surface area contributed by atoms with Gasteiger partial charge in [-0.3, -0.25) is 4.90 Å². The maximum absolute atomic E-state index is 5.90. The van der Waals surface area contributed by atoms with Crippen LogP contribution in [0.3, 0.4) is 0 Å². The molecule has 1 aromatic carbocycles. The Bertz CT molecular complexity index is 444. The molecule has 0 aliphatic carbocycles. The van der Waals surface area contributed by atoms with E-state index in [1.807, 2.05) is 0 Å². The van der Waals surface area contributed by atoms with E-state index in [1.165, 1.54) is 55.7 Å². The van der Waals surface area contributed by atoms with Crippen molar-refractivity contribution in [1.29, 1.82) is 0 Å². The lowest BCUT2D eigenvalue weighted by molar-refractivity contribution is 0.133. The zero-order valence-electron chi connectivity index (χ0n) is 11.9. The first-order valence-corrected chi connectivity index (χ1v) is 7.56. The van der Waals surface area contributed by atoms with Crippen LogP contribution in [0.15, 0.2) is 18.2 Å². The average Bonchev–Trinajstić information content (AvgIpc) is 2.46. The molecule has 2 aliphatic heterocycles. The Labute approximate surface area is 116 Å². The van der Waals surface area contributed by atoms with Crippen LogP contribution in [-0.4, -0.2) is 37.1 Å². The van der Waals surface area contributed by atoms with Crippen molar-refractivity contribution in [3.63, 3.8) is 0 Å². The van der Waals surface area contributed by atoms with E-state index >= 15 is 0 Å². The molecular formula is C16H25N3. The molecule has 3 heteroatoms. The van der Waals surface area contributed by atoms with Crippen LogP contribution in [0.1, 0.15) is 30.4 Å². The average molecular weight is 259 g/mol. The van der Waals surface area contributed by atoms with Crippen LogP contribution in [0.2, 0.25) is 0 Å². The zero-order chi connectivity index (χ0) is 13.2. The van der Waals surface area contributed by atoms with Gasteiger partial charge in [0.2, 0.25) is 0 Å². The Morgan fingerprint density at radius 3 is 2.95 bits per heavy atom. The first-order chi connectivity index (χ1) is 9.28. The molecule has 2 aliphatic rings. The standard InChI is InChI=1S/C16H25N3/c1-13-5-6-14(11-17)16(10-13)19-9-8-18-7-3-2-4-15(18)12-19/h5-6,10,15H,2-4,7-9,11-12,17H2,1H3. The van der Waals surface area contributed by atoms with Gasteiger partial charge in [0, 0.05) is 37.9 Å². The summed E-state index contributed by atoms with van der Waals surface area (Å²) in [5.74, 6) is 0. The van der Waals surface area contributed by atoms with Gasteiger partial charge in [0.05, 0.1) is 0 Å². The van der Waals surface area contributed by atoms with E-state index in [0.29, 0.717) is 6.54 Å². The molecule has 2 fully saturated rings. The summed E-state index contributed by atoms with van der Waals surface area (Å²) < 4.78 is 0. The summed E-state index contributed by atoms with van der Waals surface area (Å²) in [5, 5.41) is 0. The number of fused-ring (bicyclic) bond motifs is 1. The Hall–Kier alpha value is -1.06. The third kappa shape index (κ3) is 2.63. The maximum Gasteiger partial charge on any atom is 0.0415 e.